The average molecular weight is 227 g/mol. The summed E-state index contributed by atoms with van der Waals surface area (Å²) in [5.41, 5.74) is 5.96. The summed E-state index contributed by atoms with van der Waals surface area (Å²) in [4.78, 5) is 0. The maximum atomic E-state index is 14.1. The molecule has 0 bridgehead atoms. The number of hydrogen-bond acceptors (Lipinski definition) is 2. The van der Waals surface area contributed by atoms with E-state index in [2.05, 4.69) is 5.10 Å². The van der Waals surface area contributed by atoms with Crippen molar-refractivity contribution in [1.82, 2.24) is 9.78 Å². The molecule has 1 saturated carbocycles. The zero-order chi connectivity index (χ0) is 11.9. The molecule has 2 aliphatic carbocycles. The fourth-order valence-corrected chi connectivity index (χ4v) is 2.71. The molecule has 0 unspecified atom stereocenters. The van der Waals surface area contributed by atoms with Gasteiger partial charge >= 0.3 is 0 Å². The topological polar surface area (TPSA) is 43.8 Å². The predicted molar refractivity (Wildman–Crippen MR) is 56.4 cm³/mol. The van der Waals surface area contributed by atoms with Gasteiger partial charge in [-0.1, -0.05) is 0 Å². The number of hydrogen-bond donors (Lipinski definition) is 1. The van der Waals surface area contributed by atoms with Crippen LogP contribution in [0.25, 0.3) is 0 Å². The lowest BCUT2D eigenvalue weighted by Gasteiger charge is -2.25. The van der Waals surface area contributed by atoms with E-state index in [1.807, 2.05) is 20.8 Å². The Balaban J connectivity index is 2.26. The van der Waals surface area contributed by atoms with E-state index in [0.717, 1.165) is 0 Å². The van der Waals surface area contributed by atoms with Crippen LogP contribution in [-0.2, 0) is 11.5 Å². The van der Waals surface area contributed by atoms with Gasteiger partial charge in [0.2, 0.25) is 0 Å². The summed E-state index contributed by atoms with van der Waals surface area (Å²) < 4.78 is 29.5. The summed E-state index contributed by atoms with van der Waals surface area (Å²) in [5, 5.41) is 4.09. The molecule has 0 aliphatic heterocycles. The van der Waals surface area contributed by atoms with Gasteiger partial charge in [0.1, 0.15) is 11.5 Å². The van der Waals surface area contributed by atoms with Crippen LogP contribution in [-0.4, -0.2) is 9.78 Å². The normalized spacial score (nSPS) is 30.1. The van der Waals surface area contributed by atoms with Crippen LogP contribution < -0.4 is 5.73 Å². The lowest BCUT2D eigenvalue weighted by molar-refractivity contribution is -0.0342. The Morgan fingerprint density at radius 1 is 1.44 bits per heavy atom. The first-order valence-corrected chi connectivity index (χ1v) is 5.51. The monoisotopic (exact) mass is 227 g/mol. The van der Waals surface area contributed by atoms with Crippen LogP contribution in [0.3, 0.4) is 0 Å². The molecule has 0 radical (unpaired) electrons. The Bertz CT molecular complexity index is 470. The van der Waals surface area contributed by atoms with Crippen LogP contribution in [0.2, 0.25) is 0 Å². The van der Waals surface area contributed by atoms with Crippen molar-refractivity contribution in [1.29, 1.82) is 0 Å². The van der Waals surface area contributed by atoms with E-state index >= 15 is 0 Å². The van der Waals surface area contributed by atoms with Crippen molar-refractivity contribution in [2.45, 2.75) is 44.6 Å². The van der Waals surface area contributed by atoms with Crippen LogP contribution >= 0.6 is 0 Å². The molecule has 5 heteroatoms. The highest BCUT2D eigenvalue weighted by Gasteiger charge is 2.67. The standard InChI is InChI=1S/C11H15F2N3/c1-10(2,3)16-8-7(9(14)15-16)5-4-6(5)11(8,12)13/h5-6H,4H2,1-3H3,(H2,14,15)/t5-,6+/m0/s1. The van der Waals surface area contributed by atoms with Gasteiger partial charge in [0.05, 0.1) is 5.54 Å². The SMILES string of the molecule is CC(C)(C)n1nc(N)c2c1C(F)(F)[C@@H]1C[C@H]21. The second kappa shape index (κ2) is 2.41. The number of anilines is 1. The van der Waals surface area contributed by atoms with Gasteiger partial charge in [-0.3, -0.25) is 4.68 Å². The van der Waals surface area contributed by atoms with Crippen LogP contribution in [0.4, 0.5) is 14.6 Å². The smallest absolute Gasteiger partial charge is 0.293 e. The first-order valence-electron chi connectivity index (χ1n) is 5.51. The molecule has 2 atom stereocenters. The van der Waals surface area contributed by atoms with E-state index < -0.39 is 17.4 Å². The number of nitrogens with two attached hydrogens (primary N) is 1. The maximum Gasteiger partial charge on any atom is 0.293 e. The Morgan fingerprint density at radius 3 is 2.62 bits per heavy atom. The summed E-state index contributed by atoms with van der Waals surface area (Å²) in [6.07, 6.45) is 0.556. The van der Waals surface area contributed by atoms with Crippen molar-refractivity contribution in [3.63, 3.8) is 0 Å². The number of nitrogens with zero attached hydrogens (tertiary/aromatic N) is 2. The lowest BCUT2D eigenvalue weighted by Crippen LogP contribution is -2.30. The average Bonchev–Trinajstić information content (AvgIpc) is 2.76. The number of alkyl halides is 2. The minimum absolute atomic E-state index is 0.0544. The molecular formula is C11H15F2N3. The molecule has 3 rings (SSSR count). The summed E-state index contributed by atoms with van der Waals surface area (Å²) in [7, 11) is 0. The highest BCUT2D eigenvalue weighted by atomic mass is 19.3. The van der Waals surface area contributed by atoms with Gasteiger partial charge in [-0.2, -0.15) is 13.9 Å². The van der Waals surface area contributed by atoms with Crippen LogP contribution in [0, 0.1) is 5.92 Å². The zero-order valence-corrected chi connectivity index (χ0v) is 9.59. The van der Waals surface area contributed by atoms with Crippen LogP contribution in [0.5, 0.6) is 0 Å². The van der Waals surface area contributed by atoms with Crippen molar-refractivity contribution in [3.05, 3.63) is 11.3 Å². The van der Waals surface area contributed by atoms with Crippen LogP contribution in [0.15, 0.2) is 0 Å². The van der Waals surface area contributed by atoms with Crippen molar-refractivity contribution in [3.8, 4) is 0 Å². The third-order valence-electron chi connectivity index (χ3n) is 3.53. The second-order valence-corrected chi connectivity index (χ2v) is 5.80. The fraction of sp³-hybridized carbons (Fsp3) is 0.727. The third kappa shape index (κ3) is 0.987. The highest BCUT2D eigenvalue weighted by molar-refractivity contribution is 5.55. The van der Waals surface area contributed by atoms with Gasteiger partial charge in [0.15, 0.2) is 0 Å². The molecule has 3 nitrogen and oxygen atoms in total. The highest BCUT2D eigenvalue weighted by Crippen LogP contribution is 2.68. The Hall–Kier alpha value is -1.13. The van der Waals surface area contributed by atoms with E-state index in [4.69, 9.17) is 5.73 Å². The first-order chi connectivity index (χ1) is 7.24. The van der Waals surface area contributed by atoms with Gasteiger partial charge in [-0.15, -0.1) is 0 Å². The Morgan fingerprint density at radius 2 is 2.06 bits per heavy atom. The molecule has 1 fully saturated rings. The van der Waals surface area contributed by atoms with Gasteiger partial charge in [-0.25, -0.2) is 0 Å². The van der Waals surface area contributed by atoms with E-state index in [-0.39, 0.29) is 17.4 Å². The minimum Gasteiger partial charge on any atom is -0.382 e. The molecule has 1 aromatic rings. The largest absolute Gasteiger partial charge is 0.382 e. The minimum atomic E-state index is -2.75. The lowest BCUT2D eigenvalue weighted by atomic mass is 10.1. The first kappa shape index (κ1) is 10.1. The number of rotatable bonds is 0. The third-order valence-corrected chi connectivity index (χ3v) is 3.53. The summed E-state index contributed by atoms with van der Waals surface area (Å²) in [6, 6.07) is 0. The molecule has 2 aliphatic rings. The molecule has 0 spiro atoms. The van der Waals surface area contributed by atoms with Crippen molar-refractivity contribution >= 4 is 5.82 Å². The molecule has 2 N–H and O–H groups in total. The predicted octanol–water partition coefficient (Wildman–Crippen LogP) is 2.43. The van der Waals surface area contributed by atoms with E-state index in [9.17, 15) is 8.78 Å². The second-order valence-electron chi connectivity index (χ2n) is 5.80. The number of fused-ring (bicyclic) bond motifs is 3. The molecule has 1 aromatic heterocycles. The summed E-state index contributed by atoms with van der Waals surface area (Å²) in [6.45, 7) is 5.58. The zero-order valence-electron chi connectivity index (χ0n) is 9.59. The number of halogens is 2. The van der Waals surface area contributed by atoms with Crippen molar-refractivity contribution < 1.29 is 8.78 Å². The van der Waals surface area contributed by atoms with Gasteiger partial charge in [0.25, 0.3) is 5.92 Å². The molecule has 0 amide bonds. The van der Waals surface area contributed by atoms with E-state index in [0.29, 0.717) is 12.0 Å². The summed E-state index contributed by atoms with van der Waals surface area (Å²) >= 11 is 0. The van der Waals surface area contributed by atoms with E-state index in [1.165, 1.54) is 4.68 Å². The van der Waals surface area contributed by atoms with Gasteiger partial charge in [-0.05, 0) is 33.1 Å². The van der Waals surface area contributed by atoms with Crippen molar-refractivity contribution in [2.24, 2.45) is 5.92 Å². The van der Waals surface area contributed by atoms with Crippen LogP contribution in [0.1, 0.15) is 44.4 Å². The number of aromatic nitrogens is 2. The molecule has 0 aromatic carbocycles. The molecule has 88 valence electrons. The van der Waals surface area contributed by atoms with Gasteiger partial charge in [0, 0.05) is 11.5 Å². The summed E-state index contributed by atoms with van der Waals surface area (Å²) in [5.74, 6) is -3.05. The molecule has 1 heterocycles. The molecule has 16 heavy (non-hydrogen) atoms. The van der Waals surface area contributed by atoms with Gasteiger partial charge < -0.3 is 5.73 Å². The number of nitrogen functional groups attached to an aromatic ring is 1. The molecular weight excluding hydrogens is 212 g/mol. The maximum absolute atomic E-state index is 14.1. The quantitative estimate of drug-likeness (QED) is 0.739. The Kier molecular flexibility index (Phi) is 1.51. The Labute approximate surface area is 92.6 Å². The van der Waals surface area contributed by atoms with E-state index in [1.54, 1.807) is 0 Å². The molecule has 0 saturated heterocycles. The fourth-order valence-electron chi connectivity index (χ4n) is 2.71. The van der Waals surface area contributed by atoms with Crippen molar-refractivity contribution in [2.75, 3.05) is 5.73 Å².